The van der Waals surface area contributed by atoms with Gasteiger partial charge in [-0.15, -0.1) is 0 Å². The minimum absolute atomic E-state index is 0.663. The van der Waals surface area contributed by atoms with Gasteiger partial charge in [0.05, 0.1) is 6.26 Å². The summed E-state index contributed by atoms with van der Waals surface area (Å²) in [7, 11) is 3.96. The molecule has 2 aromatic heterocycles. The van der Waals surface area contributed by atoms with E-state index in [1.165, 1.54) is 0 Å². The number of pyridine rings is 1. The second-order valence-corrected chi connectivity index (χ2v) is 4.87. The number of aromatic nitrogens is 1. The van der Waals surface area contributed by atoms with Crippen molar-refractivity contribution in [3.63, 3.8) is 0 Å². The molecule has 0 saturated carbocycles. The molecule has 0 saturated heterocycles. The van der Waals surface area contributed by atoms with E-state index in [2.05, 4.69) is 4.98 Å². The van der Waals surface area contributed by atoms with E-state index in [0.717, 1.165) is 28.7 Å². The lowest BCUT2D eigenvalue weighted by Crippen LogP contribution is -2.16. The standard InChI is InChI=1S/C16H18N2O2/c1-12-14(6-9-20-12)16(11-19)15(10-18(2)3)13-4-7-17-8-5-13/h4-9,11H,10H2,1-3H3. The smallest absolute Gasteiger partial charge is 0.151 e. The Balaban J connectivity index is 2.61. The number of aldehydes is 1. The van der Waals surface area contributed by atoms with E-state index < -0.39 is 0 Å². The molecule has 0 radical (unpaired) electrons. The summed E-state index contributed by atoms with van der Waals surface area (Å²) >= 11 is 0. The van der Waals surface area contributed by atoms with E-state index in [1.807, 2.05) is 44.1 Å². The van der Waals surface area contributed by atoms with Crippen molar-refractivity contribution in [1.82, 2.24) is 9.88 Å². The first kappa shape index (κ1) is 14.2. The van der Waals surface area contributed by atoms with Gasteiger partial charge in [0.2, 0.25) is 0 Å². The fourth-order valence-electron chi connectivity index (χ4n) is 2.16. The quantitative estimate of drug-likeness (QED) is 0.619. The SMILES string of the molecule is Cc1occc1C(C=O)=C(CN(C)C)c1ccncc1. The third-order valence-corrected chi connectivity index (χ3v) is 3.10. The highest BCUT2D eigenvalue weighted by atomic mass is 16.3. The van der Waals surface area contributed by atoms with Gasteiger partial charge in [-0.3, -0.25) is 9.78 Å². The van der Waals surface area contributed by atoms with E-state index in [1.54, 1.807) is 18.7 Å². The molecule has 104 valence electrons. The molecule has 0 fully saturated rings. The summed E-state index contributed by atoms with van der Waals surface area (Å²) in [5.41, 5.74) is 3.47. The summed E-state index contributed by atoms with van der Waals surface area (Å²) in [6, 6.07) is 5.66. The maximum Gasteiger partial charge on any atom is 0.151 e. The summed E-state index contributed by atoms with van der Waals surface area (Å²) in [5.74, 6) is 0.748. The zero-order chi connectivity index (χ0) is 14.5. The number of aryl methyl sites for hydroxylation is 1. The van der Waals surface area contributed by atoms with E-state index in [-0.39, 0.29) is 0 Å². The molecule has 4 nitrogen and oxygen atoms in total. The van der Waals surface area contributed by atoms with Gasteiger partial charge in [-0.05, 0) is 50.4 Å². The van der Waals surface area contributed by atoms with E-state index >= 15 is 0 Å². The number of rotatable bonds is 5. The average Bonchev–Trinajstić information content (AvgIpc) is 2.86. The van der Waals surface area contributed by atoms with Crippen LogP contribution in [0.25, 0.3) is 11.1 Å². The Morgan fingerprint density at radius 1 is 1.30 bits per heavy atom. The van der Waals surface area contributed by atoms with Gasteiger partial charge in [0.15, 0.2) is 6.29 Å². The summed E-state index contributed by atoms with van der Waals surface area (Å²) < 4.78 is 5.32. The number of carbonyl (C=O) groups excluding carboxylic acids is 1. The van der Waals surface area contributed by atoms with Crippen LogP contribution in [0, 0.1) is 6.92 Å². The molecule has 0 aliphatic rings. The largest absolute Gasteiger partial charge is 0.469 e. The molecule has 0 aliphatic carbocycles. The Kier molecular flexibility index (Phi) is 4.48. The number of hydrogen-bond donors (Lipinski definition) is 0. The summed E-state index contributed by atoms with van der Waals surface area (Å²) in [6.45, 7) is 2.53. The van der Waals surface area contributed by atoms with Gasteiger partial charge in [0.1, 0.15) is 5.76 Å². The zero-order valence-corrected chi connectivity index (χ0v) is 12.0. The topological polar surface area (TPSA) is 46.3 Å². The van der Waals surface area contributed by atoms with Crippen LogP contribution < -0.4 is 0 Å². The molecular formula is C16H18N2O2. The molecule has 20 heavy (non-hydrogen) atoms. The Hall–Kier alpha value is -2.20. The Morgan fingerprint density at radius 2 is 2.00 bits per heavy atom. The number of allylic oxidation sites excluding steroid dienone is 1. The first-order valence-corrected chi connectivity index (χ1v) is 6.41. The monoisotopic (exact) mass is 270 g/mol. The fourth-order valence-corrected chi connectivity index (χ4v) is 2.16. The Bertz CT molecular complexity index is 612. The van der Waals surface area contributed by atoms with Crippen LogP contribution in [0.3, 0.4) is 0 Å². The molecule has 0 unspecified atom stereocenters. The first-order chi connectivity index (χ1) is 9.63. The van der Waals surface area contributed by atoms with Gasteiger partial charge in [0, 0.05) is 30.1 Å². The minimum atomic E-state index is 0.663. The Labute approximate surface area is 118 Å². The predicted octanol–water partition coefficient (Wildman–Crippen LogP) is 2.65. The molecular weight excluding hydrogens is 252 g/mol. The third-order valence-electron chi connectivity index (χ3n) is 3.10. The number of likely N-dealkylation sites (N-methyl/N-ethyl adjacent to an activating group) is 1. The lowest BCUT2D eigenvalue weighted by atomic mass is 9.96. The van der Waals surface area contributed by atoms with Crippen molar-refractivity contribution < 1.29 is 9.21 Å². The van der Waals surface area contributed by atoms with Crippen molar-refractivity contribution >= 4 is 17.4 Å². The highest BCUT2D eigenvalue weighted by molar-refractivity contribution is 6.17. The van der Waals surface area contributed by atoms with E-state index in [0.29, 0.717) is 12.1 Å². The number of carbonyl (C=O) groups is 1. The lowest BCUT2D eigenvalue weighted by Gasteiger charge is -2.16. The van der Waals surface area contributed by atoms with Gasteiger partial charge in [-0.25, -0.2) is 0 Å². The van der Waals surface area contributed by atoms with Gasteiger partial charge in [0.25, 0.3) is 0 Å². The number of hydrogen-bond acceptors (Lipinski definition) is 4. The maximum atomic E-state index is 11.6. The molecule has 0 spiro atoms. The van der Waals surface area contributed by atoms with Crippen LogP contribution in [-0.2, 0) is 4.79 Å². The zero-order valence-electron chi connectivity index (χ0n) is 12.0. The Morgan fingerprint density at radius 3 is 2.50 bits per heavy atom. The second-order valence-electron chi connectivity index (χ2n) is 4.87. The summed E-state index contributed by atoms with van der Waals surface area (Å²) in [6.07, 6.45) is 5.97. The first-order valence-electron chi connectivity index (χ1n) is 6.41. The summed E-state index contributed by atoms with van der Waals surface area (Å²) in [5, 5.41) is 0. The number of furan rings is 1. The molecule has 0 amide bonds. The highest BCUT2D eigenvalue weighted by Gasteiger charge is 2.15. The van der Waals surface area contributed by atoms with Crippen LogP contribution in [0.4, 0.5) is 0 Å². The molecule has 0 bridgehead atoms. The van der Waals surface area contributed by atoms with Crippen LogP contribution in [0.1, 0.15) is 16.9 Å². The molecule has 2 heterocycles. The van der Waals surface area contributed by atoms with E-state index in [9.17, 15) is 4.79 Å². The molecule has 0 aliphatic heterocycles. The molecule has 0 atom stereocenters. The van der Waals surface area contributed by atoms with Crippen molar-refractivity contribution in [3.05, 3.63) is 53.7 Å². The van der Waals surface area contributed by atoms with Crippen molar-refractivity contribution in [1.29, 1.82) is 0 Å². The molecule has 4 heteroatoms. The summed E-state index contributed by atoms with van der Waals surface area (Å²) in [4.78, 5) is 17.7. The predicted molar refractivity (Wildman–Crippen MR) is 79.1 cm³/mol. The van der Waals surface area contributed by atoms with Crippen LogP contribution in [0.2, 0.25) is 0 Å². The van der Waals surface area contributed by atoms with Crippen molar-refractivity contribution in [2.45, 2.75) is 6.92 Å². The molecule has 0 aromatic carbocycles. The maximum absolute atomic E-state index is 11.6. The molecule has 2 aromatic rings. The van der Waals surface area contributed by atoms with Crippen LogP contribution in [0.5, 0.6) is 0 Å². The van der Waals surface area contributed by atoms with Crippen molar-refractivity contribution in [2.24, 2.45) is 0 Å². The van der Waals surface area contributed by atoms with Gasteiger partial charge < -0.3 is 9.32 Å². The fraction of sp³-hybridized carbons (Fsp3) is 0.250. The van der Waals surface area contributed by atoms with Gasteiger partial charge >= 0.3 is 0 Å². The normalized spacial score (nSPS) is 12.4. The van der Waals surface area contributed by atoms with Gasteiger partial charge in [-0.1, -0.05) is 0 Å². The van der Waals surface area contributed by atoms with E-state index in [4.69, 9.17) is 4.42 Å². The van der Waals surface area contributed by atoms with Crippen LogP contribution in [0.15, 0.2) is 41.3 Å². The lowest BCUT2D eigenvalue weighted by molar-refractivity contribution is -0.103. The minimum Gasteiger partial charge on any atom is -0.469 e. The highest BCUT2D eigenvalue weighted by Crippen LogP contribution is 2.27. The van der Waals surface area contributed by atoms with Crippen LogP contribution >= 0.6 is 0 Å². The molecule has 2 rings (SSSR count). The average molecular weight is 270 g/mol. The van der Waals surface area contributed by atoms with Crippen LogP contribution in [-0.4, -0.2) is 36.8 Å². The molecule has 0 N–H and O–H groups in total. The van der Waals surface area contributed by atoms with Crippen molar-refractivity contribution in [2.75, 3.05) is 20.6 Å². The number of nitrogens with zero attached hydrogens (tertiary/aromatic N) is 2. The van der Waals surface area contributed by atoms with Gasteiger partial charge in [-0.2, -0.15) is 0 Å². The van der Waals surface area contributed by atoms with Crippen molar-refractivity contribution in [3.8, 4) is 0 Å². The third kappa shape index (κ3) is 3.03. The second kappa shape index (κ2) is 6.30.